The van der Waals surface area contributed by atoms with Gasteiger partial charge in [-0.05, 0) is 37.1 Å². The molecule has 10 heteroatoms. The average molecular weight is 428 g/mol. The van der Waals surface area contributed by atoms with Crippen molar-refractivity contribution in [3.05, 3.63) is 48.4 Å². The lowest BCUT2D eigenvalue weighted by Crippen LogP contribution is -2.46. The van der Waals surface area contributed by atoms with Crippen molar-refractivity contribution in [2.24, 2.45) is 0 Å². The lowest BCUT2D eigenvalue weighted by molar-refractivity contribution is -0.153. The predicted octanol–water partition coefficient (Wildman–Crippen LogP) is 3.61. The Bertz CT molecular complexity index is 863. The van der Waals surface area contributed by atoms with Crippen LogP contribution >= 0.6 is 0 Å². The molecule has 1 atom stereocenters. The number of piperidine rings is 1. The smallest absolute Gasteiger partial charge is 0.422 e. The normalized spacial score (nSPS) is 16.8. The summed E-state index contributed by atoms with van der Waals surface area (Å²) < 4.78 is 66.6. The van der Waals surface area contributed by atoms with E-state index in [0.717, 1.165) is 0 Å². The van der Waals surface area contributed by atoms with E-state index in [4.69, 9.17) is 14.2 Å². The van der Waals surface area contributed by atoms with Crippen molar-refractivity contribution < 1.29 is 36.6 Å². The number of hydrogen-bond donors (Lipinski definition) is 0. The Morgan fingerprint density at radius 3 is 2.57 bits per heavy atom. The van der Waals surface area contributed by atoms with Crippen LogP contribution in [0.25, 0.3) is 0 Å². The second kappa shape index (κ2) is 9.64. The van der Waals surface area contributed by atoms with E-state index < -0.39 is 24.7 Å². The van der Waals surface area contributed by atoms with Crippen molar-refractivity contribution in [1.29, 1.82) is 0 Å². The highest BCUT2D eigenvalue weighted by molar-refractivity contribution is 5.78. The quantitative estimate of drug-likeness (QED) is 0.631. The highest BCUT2D eigenvalue weighted by Crippen LogP contribution is 2.28. The van der Waals surface area contributed by atoms with E-state index in [0.29, 0.717) is 19.4 Å². The van der Waals surface area contributed by atoms with Gasteiger partial charge in [0.15, 0.2) is 30.5 Å². The molecule has 0 spiro atoms. The van der Waals surface area contributed by atoms with Gasteiger partial charge < -0.3 is 19.1 Å². The number of carbonyl (C=O) groups excluding carboxylic acids is 1. The maximum atomic E-state index is 13.7. The van der Waals surface area contributed by atoms with Gasteiger partial charge in [0.1, 0.15) is 6.10 Å². The minimum Gasteiger partial charge on any atom is -0.480 e. The van der Waals surface area contributed by atoms with Gasteiger partial charge in [0.25, 0.3) is 11.8 Å². The number of benzene rings is 1. The fraction of sp³-hybridized carbons (Fsp3) is 0.400. The molecule has 1 saturated heterocycles. The lowest BCUT2D eigenvalue weighted by Gasteiger charge is -2.32. The second-order valence-corrected chi connectivity index (χ2v) is 6.65. The predicted molar refractivity (Wildman–Crippen MR) is 97.9 cm³/mol. The summed E-state index contributed by atoms with van der Waals surface area (Å²) >= 11 is 0. The number of rotatable bonds is 7. The van der Waals surface area contributed by atoms with Crippen LogP contribution in [0.3, 0.4) is 0 Å². The third-order valence-electron chi connectivity index (χ3n) is 4.33. The summed E-state index contributed by atoms with van der Waals surface area (Å²) in [5.41, 5.74) is 0. The molecule has 3 rings (SSSR count). The van der Waals surface area contributed by atoms with E-state index in [1.54, 1.807) is 6.07 Å². The molecular formula is C20H20F4N2O4. The Kier molecular flexibility index (Phi) is 6.96. The van der Waals surface area contributed by atoms with Crippen molar-refractivity contribution in [1.82, 2.24) is 9.88 Å². The summed E-state index contributed by atoms with van der Waals surface area (Å²) in [6.45, 7) is -1.14. The molecule has 1 aliphatic rings. The Hall–Kier alpha value is -3.04. The number of likely N-dealkylation sites (tertiary alicyclic amines) is 1. The third kappa shape index (κ3) is 6.23. The molecule has 0 bridgehead atoms. The molecule has 30 heavy (non-hydrogen) atoms. The molecule has 2 aromatic rings. The molecule has 0 aliphatic carbocycles. The van der Waals surface area contributed by atoms with Crippen LogP contribution in [0.15, 0.2) is 42.6 Å². The van der Waals surface area contributed by atoms with Crippen LogP contribution in [0.4, 0.5) is 17.6 Å². The summed E-state index contributed by atoms with van der Waals surface area (Å²) in [5.74, 6) is -1.14. The minimum absolute atomic E-state index is 0.0375. The Balaban J connectivity index is 1.54. The Morgan fingerprint density at radius 1 is 1.13 bits per heavy atom. The van der Waals surface area contributed by atoms with E-state index in [2.05, 4.69) is 4.98 Å². The maximum absolute atomic E-state index is 13.7. The highest BCUT2D eigenvalue weighted by Gasteiger charge is 2.29. The second-order valence-electron chi connectivity index (χ2n) is 6.65. The van der Waals surface area contributed by atoms with Gasteiger partial charge in [-0.3, -0.25) is 4.79 Å². The first kappa shape index (κ1) is 21.7. The topological polar surface area (TPSA) is 60.9 Å². The van der Waals surface area contributed by atoms with Gasteiger partial charge in [0.2, 0.25) is 0 Å². The van der Waals surface area contributed by atoms with Gasteiger partial charge in [-0.25, -0.2) is 9.37 Å². The zero-order valence-corrected chi connectivity index (χ0v) is 15.9. The number of alkyl halides is 3. The number of pyridine rings is 1. The van der Waals surface area contributed by atoms with E-state index in [1.165, 1.54) is 41.4 Å². The molecule has 1 amide bonds. The number of amides is 1. The van der Waals surface area contributed by atoms with Crippen LogP contribution < -0.4 is 14.2 Å². The van der Waals surface area contributed by atoms with E-state index in [9.17, 15) is 22.4 Å². The zero-order valence-electron chi connectivity index (χ0n) is 15.9. The highest BCUT2D eigenvalue weighted by atomic mass is 19.4. The number of carbonyl (C=O) groups is 1. The average Bonchev–Trinajstić information content (AvgIpc) is 2.72. The molecule has 2 heterocycles. The molecule has 0 unspecified atom stereocenters. The molecule has 1 fully saturated rings. The summed E-state index contributed by atoms with van der Waals surface area (Å²) in [7, 11) is 0. The van der Waals surface area contributed by atoms with Gasteiger partial charge >= 0.3 is 6.18 Å². The number of hydrogen-bond acceptors (Lipinski definition) is 5. The first-order valence-electron chi connectivity index (χ1n) is 9.28. The minimum atomic E-state index is -4.49. The summed E-state index contributed by atoms with van der Waals surface area (Å²) in [6, 6.07) is 8.51. The van der Waals surface area contributed by atoms with Gasteiger partial charge in [0, 0.05) is 12.7 Å². The Labute approximate surface area is 170 Å². The monoisotopic (exact) mass is 428 g/mol. The molecular weight excluding hydrogens is 408 g/mol. The summed E-state index contributed by atoms with van der Waals surface area (Å²) in [5, 5.41) is 0. The summed E-state index contributed by atoms with van der Waals surface area (Å²) in [6.07, 6.45) is -2.21. The van der Waals surface area contributed by atoms with E-state index in [1.807, 2.05) is 0 Å². The molecule has 6 nitrogen and oxygen atoms in total. The van der Waals surface area contributed by atoms with Crippen LogP contribution in [-0.2, 0) is 4.79 Å². The number of aromatic nitrogens is 1. The molecule has 1 aliphatic heterocycles. The molecule has 0 N–H and O–H groups in total. The maximum Gasteiger partial charge on any atom is 0.422 e. The molecule has 1 aromatic heterocycles. The first-order chi connectivity index (χ1) is 14.3. The van der Waals surface area contributed by atoms with E-state index >= 15 is 0 Å². The largest absolute Gasteiger partial charge is 0.480 e. The van der Waals surface area contributed by atoms with E-state index in [-0.39, 0.29) is 36.4 Å². The van der Waals surface area contributed by atoms with Crippen LogP contribution in [0, 0.1) is 5.82 Å². The van der Waals surface area contributed by atoms with Crippen molar-refractivity contribution in [2.75, 3.05) is 26.3 Å². The first-order valence-corrected chi connectivity index (χ1v) is 9.28. The molecule has 1 aromatic carbocycles. The summed E-state index contributed by atoms with van der Waals surface area (Å²) in [4.78, 5) is 17.9. The number of nitrogens with zero attached hydrogens (tertiary/aromatic N) is 2. The fourth-order valence-corrected chi connectivity index (χ4v) is 2.96. The van der Waals surface area contributed by atoms with Crippen molar-refractivity contribution in [2.45, 2.75) is 25.1 Å². The molecule has 162 valence electrons. The number of ether oxygens (including phenoxy) is 3. The molecule has 0 radical (unpaired) electrons. The standard InChI is InChI=1S/C20H20F4N2O4/c21-15-6-3-9-25-19(15)30-14-5-4-10-26(11-14)18(27)12-28-16-7-1-2-8-17(16)29-13-20(22,23)24/h1-3,6-9,14H,4-5,10-13H2/t14-/m0/s1. The zero-order chi connectivity index (χ0) is 21.6. The third-order valence-corrected chi connectivity index (χ3v) is 4.33. The Morgan fingerprint density at radius 2 is 1.87 bits per heavy atom. The number of halogens is 4. The van der Waals surface area contributed by atoms with Crippen molar-refractivity contribution in [3.63, 3.8) is 0 Å². The van der Waals surface area contributed by atoms with Gasteiger partial charge in [-0.1, -0.05) is 12.1 Å². The van der Waals surface area contributed by atoms with Crippen molar-refractivity contribution in [3.8, 4) is 17.4 Å². The molecule has 0 saturated carbocycles. The van der Waals surface area contributed by atoms with Gasteiger partial charge in [0.05, 0.1) is 6.54 Å². The van der Waals surface area contributed by atoms with Crippen molar-refractivity contribution >= 4 is 5.91 Å². The van der Waals surface area contributed by atoms with Crippen LogP contribution in [0.2, 0.25) is 0 Å². The van der Waals surface area contributed by atoms with Crippen LogP contribution in [0.5, 0.6) is 17.4 Å². The lowest BCUT2D eigenvalue weighted by atomic mass is 10.1. The fourth-order valence-electron chi connectivity index (χ4n) is 2.96. The van der Waals surface area contributed by atoms with Crippen LogP contribution in [0.1, 0.15) is 12.8 Å². The SMILES string of the molecule is O=C(COc1ccccc1OCC(F)(F)F)N1CCC[C@H](Oc2ncccc2F)C1. The van der Waals surface area contributed by atoms with Gasteiger partial charge in [-0.2, -0.15) is 13.2 Å². The number of para-hydroxylation sites is 2. The van der Waals surface area contributed by atoms with Gasteiger partial charge in [-0.15, -0.1) is 0 Å². The van der Waals surface area contributed by atoms with Crippen LogP contribution in [-0.4, -0.2) is 54.4 Å².